The molecule has 0 aliphatic rings. The predicted molar refractivity (Wildman–Crippen MR) is 86.9 cm³/mol. The largest absolute Gasteiger partial charge is 0.358 e. The highest BCUT2D eigenvalue weighted by atomic mass is 32.1. The van der Waals surface area contributed by atoms with Gasteiger partial charge < -0.3 is 10.6 Å². The van der Waals surface area contributed by atoms with Crippen molar-refractivity contribution < 1.29 is 0 Å². The summed E-state index contributed by atoms with van der Waals surface area (Å²) in [7, 11) is 0. The molecule has 4 nitrogen and oxygen atoms in total. The average Bonchev–Trinajstić information content (AvgIpc) is 2.90. The molecule has 0 spiro atoms. The number of rotatable bonds is 4. The number of hydrogen-bond donors (Lipinski definition) is 2. The average molecular weight is 288 g/mol. The number of anilines is 1. The molecule has 1 heterocycles. The molecule has 0 saturated carbocycles. The normalized spacial score (nSPS) is 10.3. The van der Waals surface area contributed by atoms with Crippen LogP contribution in [0, 0.1) is 13.8 Å². The molecule has 0 amide bonds. The molecular formula is C15H20N4S. The van der Waals surface area contributed by atoms with Crippen molar-refractivity contribution in [2.75, 3.05) is 5.32 Å². The van der Waals surface area contributed by atoms with Crippen molar-refractivity contribution in [3.05, 3.63) is 47.3 Å². The summed E-state index contributed by atoms with van der Waals surface area (Å²) in [5.74, 6) is 0. The third-order valence-corrected chi connectivity index (χ3v) is 3.56. The summed E-state index contributed by atoms with van der Waals surface area (Å²) in [5.41, 5.74) is 4.64. The maximum absolute atomic E-state index is 5.32. The van der Waals surface area contributed by atoms with Crippen LogP contribution in [0.4, 0.5) is 5.69 Å². The van der Waals surface area contributed by atoms with Crippen LogP contribution in [0.25, 0.3) is 0 Å². The molecule has 0 fully saturated rings. The Bertz CT molecular complexity index is 604. The topological polar surface area (TPSA) is 41.9 Å². The second-order valence-electron chi connectivity index (χ2n) is 4.76. The summed E-state index contributed by atoms with van der Waals surface area (Å²) in [6.45, 7) is 7.81. The first-order valence-electron chi connectivity index (χ1n) is 6.72. The second-order valence-corrected chi connectivity index (χ2v) is 5.17. The van der Waals surface area contributed by atoms with Crippen LogP contribution in [-0.2, 0) is 13.1 Å². The van der Waals surface area contributed by atoms with Gasteiger partial charge in [0.15, 0.2) is 5.11 Å². The lowest BCUT2D eigenvalue weighted by molar-refractivity contribution is 0.659. The van der Waals surface area contributed by atoms with Crippen LogP contribution in [0.2, 0.25) is 0 Å². The molecule has 0 bridgehead atoms. The molecular weight excluding hydrogens is 268 g/mol. The zero-order valence-corrected chi connectivity index (χ0v) is 12.9. The van der Waals surface area contributed by atoms with Gasteiger partial charge in [0.2, 0.25) is 0 Å². The van der Waals surface area contributed by atoms with Crippen LogP contribution in [0.5, 0.6) is 0 Å². The van der Waals surface area contributed by atoms with Crippen LogP contribution in [0.3, 0.4) is 0 Å². The van der Waals surface area contributed by atoms with Gasteiger partial charge >= 0.3 is 0 Å². The molecule has 5 heteroatoms. The van der Waals surface area contributed by atoms with E-state index in [9.17, 15) is 0 Å². The second kappa shape index (κ2) is 6.52. The Morgan fingerprint density at radius 1 is 1.35 bits per heavy atom. The van der Waals surface area contributed by atoms with Gasteiger partial charge in [0.05, 0.1) is 6.20 Å². The zero-order valence-electron chi connectivity index (χ0n) is 12.1. The number of hydrogen-bond acceptors (Lipinski definition) is 2. The van der Waals surface area contributed by atoms with Crippen molar-refractivity contribution in [2.45, 2.75) is 33.9 Å². The van der Waals surface area contributed by atoms with Gasteiger partial charge in [0.1, 0.15) is 0 Å². The summed E-state index contributed by atoms with van der Waals surface area (Å²) in [6.07, 6.45) is 3.88. The van der Waals surface area contributed by atoms with Gasteiger partial charge in [-0.25, -0.2) is 0 Å². The van der Waals surface area contributed by atoms with Crippen LogP contribution in [0.15, 0.2) is 30.6 Å². The minimum Gasteiger partial charge on any atom is -0.358 e. The molecule has 0 unspecified atom stereocenters. The standard InChI is InChI=1S/C15H20N4S/c1-4-19-10-13(9-17-19)8-16-15(20)18-14-7-5-6-11(2)12(14)3/h5-7,9-10H,4,8H2,1-3H3,(H2,16,18,20). The highest BCUT2D eigenvalue weighted by Crippen LogP contribution is 2.17. The van der Waals surface area contributed by atoms with Gasteiger partial charge in [-0.1, -0.05) is 12.1 Å². The number of thiocarbonyl (C=S) groups is 1. The van der Waals surface area contributed by atoms with E-state index in [-0.39, 0.29) is 0 Å². The number of nitrogens with zero attached hydrogens (tertiary/aromatic N) is 2. The third kappa shape index (κ3) is 3.57. The molecule has 20 heavy (non-hydrogen) atoms. The van der Waals surface area contributed by atoms with Gasteiger partial charge in [-0.05, 0) is 50.2 Å². The highest BCUT2D eigenvalue weighted by molar-refractivity contribution is 7.80. The molecule has 2 aromatic rings. The van der Waals surface area contributed by atoms with E-state index in [1.807, 2.05) is 29.2 Å². The molecule has 2 N–H and O–H groups in total. The Hall–Kier alpha value is -1.88. The minimum atomic E-state index is 0.628. The fraction of sp³-hybridized carbons (Fsp3) is 0.333. The van der Waals surface area contributed by atoms with Crippen LogP contribution in [-0.4, -0.2) is 14.9 Å². The van der Waals surface area contributed by atoms with Gasteiger partial charge in [-0.3, -0.25) is 4.68 Å². The van der Waals surface area contributed by atoms with Gasteiger partial charge in [-0.2, -0.15) is 5.10 Å². The van der Waals surface area contributed by atoms with Crippen LogP contribution in [0.1, 0.15) is 23.6 Å². The smallest absolute Gasteiger partial charge is 0.171 e. The summed E-state index contributed by atoms with van der Waals surface area (Å²) in [4.78, 5) is 0. The summed E-state index contributed by atoms with van der Waals surface area (Å²) < 4.78 is 1.90. The van der Waals surface area contributed by atoms with Crippen molar-refractivity contribution in [2.24, 2.45) is 0 Å². The Labute approximate surface area is 125 Å². The van der Waals surface area contributed by atoms with Crippen molar-refractivity contribution in [3.8, 4) is 0 Å². The Morgan fingerprint density at radius 2 is 2.15 bits per heavy atom. The first-order chi connectivity index (χ1) is 9.60. The molecule has 1 aromatic carbocycles. The Morgan fingerprint density at radius 3 is 2.85 bits per heavy atom. The third-order valence-electron chi connectivity index (χ3n) is 3.32. The molecule has 0 atom stereocenters. The van der Waals surface area contributed by atoms with E-state index in [0.29, 0.717) is 11.7 Å². The molecule has 0 saturated heterocycles. The lowest BCUT2D eigenvalue weighted by Gasteiger charge is -2.13. The van der Waals surface area contributed by atoms with E-state index < -0.39 is 0 Å². The highest BCUT2D eigenvalue weighted by Gasteiger charge is 2.03. The van der Waals surface area contributed by atoms with Gasteiger partial charge in [0, 0.05) is 30.5 Å². The van der Waals surface area contributed by atoms with Gasteiger partial charge in [0.25, 0.3) is 0 Å². The molecule has 0 radical (unpaired) electrons. The number of nitrogens with one attached hydrogen (secondary N) is 2. The van der Waals surface area contributed by atoms with Crippen LogP contribution < -0.4 is 10.6 Å². The first-order valence-corrected chi connectivity index (χ1v) is 7.13. The SMILES string of the molecule is CCn1cc(CNC(=S)Nc2cccc(C)c2C)cn1. The van der Waals surface area contributed by atoms with Crippen molar-refractivity contribution in [1.82, 2.24) is 15.1 Å². The maximum atomic E-state index is 5.32. The van der Waals surface area contributed by atoms with E-state index in [1.54, 1.807) is 0 Å². The maximum Gasteiger partial charge on any atom is 0.171 e. The lowest BCUT2D eigenvalue weighted by Crippen LogP contribution is -2.28. The van der Waals surface area contributed by atoms with Crippen molar-refractivity contribution >= 4 is 23.0 Å². The fourth-order valence-corrected chi connectivity index (χ4v) is 2.09. The molecule has 106 valence electrons. The van der Waals surface area contributed by atoms with Crippen LogP contribution >= 0.6 is 12.2 Å². The van der Waals surface area contributed by atoms with Gasteiger partial charge in [-0.15, -0.1) is 0 Å². The number of aromatic nitrogens is 2. The van der Waals surface area contributed by atoms with E-state index in [0.717, 1.165) is 17.8 Å². The first kappa shape index (κ1) is 14.5. The summed E-state index contributed by atoms with van der Waals surface area (Å²) in [6, 6.07) is 6.15. The predicted octanol–water partition coefficient (Wildman–Crippen LogP) is 3.01. The van der Waals surface area contributed by atoms with Crippen molar-refractivity contribution in [3.63, 3.8) is 0 Å². The molecule has 0 aliphatic heterocycles. The fourth-order valence-electron chi connectivity index (χ4n) is 1.91. The van der Waals surface area contributed by atoms with E-state index in [1.165, 1.54) is 11.1 Å². The van der Waals surface area contributed by atoms with E-state index >= 15 is 0 Å². The lowest BCUT2D eigenvalue weighted by atomic mass is 10.1. The van der Waals surface area contributed by atoms with Crippen molar-refractivity contribution in [1.29, 1.82) is 0 Å². The molecule has 0 aliphatic carbocycles. The summed E-state index contributed by atoms with van der Waals surface area (Å²) in [5, 5.41) is 11.3. The van der Waals surface area contributed by atoms with E-state index in [4.69, 9.17) is 12.2 Å². The number of benzene rings is 1. The molecule has 2 rings (SSSR count). The Balaban J connectivity index is 1.91. The summed E-state index contributed by atoms with van der Waals surface area (Å²) >= 11 is 5.32. The van der Waals surface area contributed by atoms with E-state index in [2.05, 4.69) is 42.6 Å². The monoisotopic (exact) mass is 288 g/mol. The molecule has 1 aromatic heterocycles. The quantitative estimate of drug-likeness (QED) is 0.849. The Kier molecular flexibility index (Phi) is 4.74. The zero-order chi connectivity index (χ0) is 14.5. The number of aryl methyl sites for hydroxylation is 2. The minimum absolute atomic E-state index is 0.628.